The molecule has 0 saturated carbocycles. The second-order valence-corrected chi connectivity index (χ2v) is 5.09. The summed E-state index contributed by atoms with van der Waals surface area (Å²) in [6.07, 6.45) is 0. The van der Waals surface area contributed by atoms with Crippen molar-refractivity contribution in [2.24, 2.45) is 0 Å². The zero-order chi connectivity index (χ0) is 14.7. The van der Waals surface area contributed by atoms with Gasteiger partial charge >= 0.3 is 5.97 Å². The van der Waals surface area contributed by atoms with Gasteiger partial charge in [-0.2, -0.15) is 0 Å². The number of carbonyl (C=O) groups is 1. The number of carbonyl (C=O) groups excluding carboxylic acids is 1. The number of benzene rings is 3. The van der Waals surface area contributed by atoms with E-state index in [1.165, 1.54) is 5.56 Å². The van der Waals surface area contributed by atoms with Gasteiger partial charge < -0.3 is 4.74 Å². The summed E-state index contributed by atoms with van der Waals surface area (Å²) in [4.78, 5) is 12.3. The van der Waals surface area contributed by atoms with E-state index in [1.807, 2.05) is 67.6 Å². The molecule has 0 fully saturated rings. The van der Waals surface area contributed by atoms with Gasteiger partial charge in [-0.3, -0.25) is 0 Å². The van der Waals surface area contributed by atoms with Crippen molar-refractivity contribution in [1.82, 2.24) is 0 Å². The summed E-state index contributed by atoms with van der Waals surface area (Å²) in [6.45, 7) is 2.33. The number of hydrogen-bond acceptors (Lipinski definition) is 2. The van der Waals surface area contributed by atoms with Crippen LogP contribution < -0.4 is 0 Å². The van der Waals surface area contributed by atoms with Crippen LogP contribution in [0.2, 0.25) is 0 Å². The van der Waals surface area contributed by atoms with Crippen LogP contribution in [0.25, 0.3) is 10.8 Å². The minimum Gasteiger partial charge on any atom is -0.457 e. The normalized spacial score (nSPS) is 10.5. The summed E-state index contributed by atoms with van der Waals surface area (Å²) in [7, 11) is 0. The smallest absolute Gasteiger partial charge is 0.339 e. The first kappa shape index (κ1) is 13.4. The molecule has 0 aromatic heterocycles. The lowest BCUT2D eigenvalue weighted by Crippen LogP contribution is -2.05. The number of ether oxygens (including phenoxy) is 1. The molecule has 2 nitrogen and oxygen atoms in total. The first-order valence-corrected chi connectivity index (χ1v) is 6.94. The van der Waals surface area contributed by atoms with Crippen LogP contribution in [0.4, 0.5) is 0 Å². The van der Waals surface area contributed by atoms with Crippen molar-refractivity contribution in [3.63, 3.8) is 0 Å². The van der Waals surface area contributed by atoms with Gasteiger partial charge in [-0.05, 0) is 29.3 Å². The molecular weight excluding hydrogens is 260 g/mol. The maximum Gasteiger partial charge on any atom is 0.339 e. The van der Waals surface area contributed by atoms with Gasteiger partial charge in [0.15, 0.2) is 0 Å². The summed E-state index contributed by atoms with van der Waals surface area (Å²) in [5, 5.41) is 1.97. The molecule has 3 aromatic carbocycles. The van der Waals surface area contributed by atoms with Gasteiger partial charge in [-0.1, -0.05) is 66.2 Å². The molecule has 0 saturated heterocycles. The van der Waals surface area contributed by atoms with Gasteiger partial charge in [-0.25, -0.2) is 4.79 Å². The average Bonchev–Trinajstić information content (AvgIpc) is 2.53. The highest BCUT2D eigenvalue weighted by molar-refractivity contribution is 6.04. The van der Waals surface area contributed by atoms with E-state index in [9.17, 15) is 4.79 Å². The van der Waals surface area contributed by atoms with Crippen LogP contribution in [0.3, 0.4) is 0 Å². The monoisotopic (exact) mass is 276 g/mol. The predicted octanol–water partition coefficient (Wildman–Crippen LogP) is 4.51. The predicted molar refractivity (Wildman–Crippen MR) is 84.2 cm³/mol. The Hall–Kier alpha value is -2.61. The lowest BCUT2D eigenvalue weighted by atomic mass is 10.0. The second-order valence-electron chi connectivity index (χ2n) is 5.09. The molecule has 3 aromatic rings. The van der Waals surface area contributed by atoms with E-state index >= 15 is 0 Å². The first-order chi connectivity index (χ1) is 10.2. The Bertz CT molecular complexity index is 768. The molecule has 0 aliphatic carbocycles. The second kappa shape index (κ2) is 5.80. The van der Waals surface area contributed by atoms with E-state index < -0.39 is 0 Å². The largest absolute Gasteiger partial charge is 0.457 e. The van der Waals surface area contributed by atoms with E-state index in [-0.39, 0.29) is 5.97 Å². The SMILES string of the molecule is Cc1ccc(COC(=O)c2cccc3ccccc23)cc1. The highest BCUT2D eigenvalue weighted by atomic mass is 16.5. The Labute approximate surface area is 124 Å². The molecule has 21 heavy (non-hydrogen) atoms. The summed E-state index contributed by atoms with van der Waals surface area (Å²) in [5.74, 6) is -0.285. The number of esters is 1. The van der Waals surface area contributed by atoms with Gasteiger partial charge in [0.05, 0.1) is 5.56 Å². The van der Waals surface area contributed by atoms with Gasteiger partial charge in [0, 0.05) is 0 Å². The molecule has 0 atom stereocenters. The van der Waals surface area contributed by atoms with E-state index in [2.05, 4.69) is 0 Å². The fourth-order valence-corrected chi connectivity index (χ4v) is 2.31. The molecule has 104 valence electrons. The van der Waals surface area contributed by atoms with Gasteiger partial charge in [-0.15, -0.1) is 0 Å². The Morgan fingerprint density at radius 2 is 1.62 bits per heavy atom. The Balaban J connectivity index is 1.79. The van der Waals surface area contributed by atoms with Crippen molar-refractivity contribution in [1.29, 1.82) is 0 Å². The molecule has 0 N–H and O–H groups in total. The minimum atomic E-state index is -0.285. The minimum absolute atomic E-state index is 0.285. The van der Waals surface area contributed by atoms with Crippen LogP contribution in [0.5, 0.6) is 0 Å². The van der Waals surface area contributed by atoms with E-state index in [0.717, 1.165) is 16.3 Å². The number of aryl methyl sites for hydroxylation is 1. The molecule has 0 amide bonds. The molecule has 0 unspecified atom stereocenters. The van der Waals surface area contributed by atoms with Crippen molar-refractivity contribution in [3.05, 3.63) is 83.4 Å². The summed E-state index contributed by atoms with van der Waals surface area (Å²) in [6, 6.07) is 21.5. The third-order valence-electron chi connectivity index (χ3n) is 3.50. The van der Waals surface area contributed by atoms with Gasteiger partial charge in [0.1, 0.15) is 6.61 Å². The van der Waals surface area contributed by atoms with Crippen LogP contribution in [0.15, 0.2) is 66.7 Å². The lowest BCUT2D eigenvalue weighted by Gasteiger charge is -2.08. The number of hydrogen-bond donors (Lipinski definition) is 0. The van der Waals surface area contributed by atoms with Crippen molar-refractivity contribution < 1.29 is 9.53 Å². The summed E-state index contributed by atoms with van der Waals surface area (Å²) in [5.41, 5.74) is 2.80. The third-order valence-corrected chi connectivity index (χ3v) is 3.50. The summed E-state index contributed by atoms with van der Waals surface area (Å²) < 4.78 is 5.42. The highest BCUT2D eigenvalue weighted by Crippen LogP contribution is 2.19. The van der Waals surface area contributed by atoms with Crippen molar-refractivity contribution in [3.8, 4) is 0 Å². The lowest BCUT2D eigenvalue weighted by molar-refractivity contribution is 0.0475. The number of fused-ring (bicyclic) bond motifs is 1. The molecule has 0 heterocycles. The van der Waals surface area contributed by atoms with Crippen LogP contribution in [-0.4, -0.2) is 5.97 Å². The molecule has 0 radical (unpaired) electrons. The van der Waals surface area contributed by atoms with Crippen molar-refractivity contribution in [2.45, 2.75) is 13.5 Å². The topological polar surface area (TPSA) is 26.3 Å². The zero-order valence-corrected chi connectivity index (χ0v) is 11.9. The molecule has 0 bridgehead atoms. The summed E-state index contributed by atoms with van der Waals surface area (Å²) >= 11 is 0. The van der Waals surface area contributed by atoms with E-state index in [1.54, 1.807) is 6.07 Å². The van der Waals surface area contributed by atoms with Gasteiger partial charge in [0.25, 0.3) is 0 Å². The van der Waals surface area contributed by atoms with E-state index in [4.69, 9.17) is 4.74 Å². The molecule has 0 aliphatic rings. The zero-order valence-electron chi connectivity index (χ0n) is 11.9. The van der Waals surface area contributed by atoms with Crippen LogP contribution in [0.1, 0.15) is 21.5 Å². The maximum atomic E-state index is 12.3. The fraction of sp³-hybridized carbons (Fsp3) is 0.105. The fourth-order valence-electron chi connectivity index (χ4n) is 2.31. The van der Waals surface area contributed by atoms with Crippen LogP contribution in [-0.2, 0) is 11.3 Å². The maximum absolute atomic E-state index is 12.3. The van der Waals surface area contributed by atoms with Crippen molar-refractivity contribution >= 4 is 16.7 Å². The van der Waals surface area contributed by atoms with E-state index in [0.29, 0.717) is 12.2 Å². The Morgan fingerprint density at radius 3 is 2.43 bits per heavy atom. The average molecular weight is 276 g/mol. The Kier molecular flexibility index (Phi) is 3.69. The highest BCUT2D eigenvalue weighted by Gasteiger charge is 2.11. The number of rotatable bonds is 3. The molecule has 2 heteroatoms. The molecular formula is C19H16O2. The first-order valence-electron chi connectivity index (χ1n) is 6.94. The van der Waals surface area contributed by atoms with Crippen LogP contribution >= 0.6 is 0 Å². The third kappa shape index (κ3) is 2.95. The quantitative estimate of drug-likeness (QED) is 0.658. The Morgan fingerprint density at radius 1 is 0.905 bits per heavy atom. The molecule has 3 rings (SSSR count). The van der Waals surface area contributed by atoms with Crippen molar-refractivity contribution in [2.75, 3.05) is 0 Å². The standard InChI is InChI=1S/C19H16O2/c1-14-9-11-15(12-10-14)13-21-19(20)18-8-4-6-16-5-2-3-7-17(16)18/h2-12H,13H2,1H3. The molecule has 0 spiro atoms. The van der Waals surface area contributed by atoms with Crippen LogP contribution in [0, 0.1) is 6.92 Å². The van der Waals surface area contributed by atoms with Gasteiger partial charge in [0.2, 0.25) is 0 Å². The molecule has 0 aliphatic heterocycles.